The molecule has 2 aliphatic rings. The fourth-order valence-electron chi connectivity index (χ4n) is 3.78. The van der Waals surface area contributed by atoms with Crippen LogP contribution in [-0.2, 0) is 17.8 Å². The molecule has 0 saturated heterocycles. The normalized spacial score (nSPS) is 21.0. The van der Waals surface area contributed by atoms with Gasteiger partial charge in [0, 0.05) is 11.5 Å². The number of methoxy groups -OCH3 is 1. The first kappa shape index (κ1) is 13.7. The van der Waals surface area contributed by atoms with Crippen molar-refractivity contribution >= 4 is 0 Å². The first-order valence-corrected chi connectivity index (χ1v) is 8.17. The lowest BCUT2D eigenvalue weighted by Crippen LogP contribution is -2.51. The number of benzene rings is 2. The molecule has 1 aliphatic heterocycles. The Hall–Kier alpha value is -2.66. The third kappa shape index (κ3) is 1.98. The van der Waals surface area contributed by atoms with E-state index in [4.69, 9.17) is 14.6 Å². The second-order valence-corrected chi connectivity index (χ2v) is 6.28. The Morgan fingerprint density at radius 3 is 2.83 bits per heavy atom. The monoisotopic (exact) mass is 320 g/mol. The van der Waals surface area contributed by atoms with Gasteiger partial charge in [-0.3, -0.25) is 0 Å². The van der Waals surface area contributed by atoms with Crippen molar-refractivity contribution in [1.82, 2.24) is 9.78 Å². The quantitative estimate of drug-likeness (QED) is 0.680. The van der Waals surface area contributed by atoms with Gasteiger partial charge in [0.15, 0.2) is 0 Å². The van der Waals surface area contributed by atoms with Crippen molar-refractivity contribution in [1.29, 1.82) is 0 Å². The number of hydrogen-bond acceptors (Lipinski definition) is 3. The van der Waals surface area contributed by atoms with Gasteiger partial charge in [-0.05, 0) is 35.4 Å². The molecule has 0 amide bonds. The van der Waals surface area contributed by atoms with Crippen molar-refractivity contribution in [3.63, 3.8) is 0 Å². The molecule has 0 unspecified atom stereocenters. The summed E-state index contributed by atoms with van der Waals surface area (Å²) in [4.78, 5) is 0. The van der Waals surface area contributed by atoms with Gasteiger partial charge < -0.3 is 9.47 Å². The van der Waals surface area contributed by atoms with Crippen LogP contribution in [-0.4, -0.2) is 23.0 Å². The van der Waals surface area contributed by atoms with Crippen LogP contribution < -0.4 is 9.30 Å². The molecule has 2 aromatic carbocycles. The Morgan fingerprint density at radius 1 is 1.17 bits per heavy atom. The minimum absolute atomic E-state index is 0.202. The molecule has 0 saturated carbocycles. The Bertz CT molecular complexity index is 901. The van der Waals surface area contributed by atoms with Gasteiger partial charge in [0.1, 0.15) is 30.2 Å². The molecular formula is C19H18N3O2+. The van der Waals surface area contributed by atoms with E-state index in [9.17, 15) is 0 Å². The Morgan fingerprint density at radius 2 is 2.00 bits per heavy atom. The van der Waals surface area contributed by atoms with E-state index in [2.05, 4.69) is 35.2 Å². The van der Waals surface area contributed by atoms with E-state index in [-0.39, 0.29) is 12.1 Å². The molecule has 0 radical (unpaired) electrons. The van der Waals surface area contributed by atoms with E-state index in [0.29, 0.717) is 6.61 Å². The number of ether oxygens (including phenoxy) is 2. The van der Waals surface area contributed by atoms with E-state index in [1.807, 2.05) is 28.9 Å². The molecule has 0 fully saturated rings. The van der Waals surface area contributed by atoms with Gasteiger partial charge in [0.2, 0.25) is 6.33 Å². The predicted molar refractivity (Wildman–Crippen MR) is 87.2 cm³/mol. The average molecular weight is 320 g/mol. The van der Waals surface area contributed by atoms with Crippen LogP contribution in [0.4, 0.5) is 0 Å². The fraction of sp³-hybridized carbons (Fsp3) is 0.263. The van der Waals surface area contributed by atoms with Crippen molar-refractivity contribution in [2.75, 3.05) is 7.11 Å². The minimum atomic E-state index is 0.202. The first-order chi connectivity index (χ1) is 11.8. The lowest BCUT2D eigenvalue weighted by atomic mass is 10.1. The zero-order chi connectivity index (χ0) is 16.1. The second kappa shape index (κ2) is 5.18. The van der Waals surface area contributed by atoms with Crippen molar-refractivity contribution in [2.24, 2.45) is 0 Å². The fourth-order valence-corrected chi connectivity index (χ4v) is 3.78. The van der Waals surface area contributed by atoms with Crippen LogP contribution in [0, 0.1) is 0 Å². The maximum Gasteiger partial charge on any atom is 0.304 e. The SMILES string of the molecule is COc1ccc(-n2c[n+]3c(n2)CO[C@@H]2Cc4ccccc4[C@H]23)cc1. The number of rotatable bonds is 2. The van der Waals surface area contributed by atoms with E-state index in [0.717, 1.165) is 23.7 Å². The summed E-state index contributed by atoms with van der Waals surface area (Å²) >= 11 is 0. The molecule has 0 spiro atoms. The highest BCUT2D eigenvalue weighted by atomic mass is 16.5. The Labute approximate surface area is 140 Å². The molecule has 1 aromatic heterocycles. The van der Waals surface area contributed by atoms with Crippen LogP contribution in [0.3, 0.4) is 0 Å². The largest absolute Gasteiger partial charge is 0.497 e. The molecule has 5 rings (SSSR count). The minimum Gasteiger partial charge on any atom is -0.497 e. The van der Waals surface area contributed by atoms with Crippen molar-refractivity contribution < 1.29 is 14.0 Å². The highest BCUT2D eigenvalue weighted by Crippen LogP contribution is 2.35. The summed E-state index contributed by atoms with van der Waals surface area (Å²) in [6.45, 7) is 0.554. The molecule has 0 bridgehead atoms. The average Bonchev–Trinajstić information content (AvgIpc) is 3.22. The van der Waals surface area contributed by atoms with Crippen molar-refractivity contribution in [2.45, 2.75) is 25.2 Å². The van der Waals surface area contributed by atoms with Crippen molar-refractivity contribution in [3.05, 3.63) is 71.8 Å². The molecule has 2 atom stereocenters. The zero-order valence-corrected chi connectivity index (χ0v) is 13.4. The van der Waals surface area contributed by atoms with Crippen LogP contribution in [0.15, 0.2) is 54.9 Å². The van der Waals surface area contributed by atoms with Crippen LogP contribution in [0.25, 0.3) is 5.69 Å². The lowest BCUT2D eigenvalue weighted by Gasteiger charge is -2.23. The molecule has 5 heteroatoms. The maximum atomic E-state index is 6.08. The van der Waals surface area contributed by atoms with Gasteiger partial charge in [-0.15, -0.1) is 0 Å². The summed E-state index contributed by atoms with van der Waals surface area (Å²) in [6, 6.07) is 16.7. The van der Waals surface area contributed by atoms with Gasteiger partial charge in [-0.1, -0.05) is 28.9 Å². The van der Waals surface area contributed by atoms with Crippen LogP contribution >= 0.6 is 0 Å². The Balaban J connectivity index is 1.57. The van der Waals surface area contributed by atoms with E-state index >= 15 is 0 Å². The van der Waals surface area contributed by atoms with E-state index in [1.165, 1.54) is 11.1 Å². The molecule has 0 N–H and O–H groups in total. The first-order valence-electron chi connectivity index (χ1n) is 8.17. The van der Waals surface area contributed by atoms with Gasteiger partial charge in [-0.25, -0.2) is 4.57 Å². The standard InChI is InChI=1S/C19H18N3O2/c1-23-15-8-6-14(7-9-15)22-12-21-18(20-22)11-24-17-10-13-4-2-3-5-16(13)19(17)21/h2-9,12,17,19H,10-11H2,1H3/q+1/t17-,19-/m1/s1. The van der Waals surface area contributed by atoms with E-state index in [1.54, 1.807) is 7.11 Å². The number of nitrogens with zero attached hydrogens (tertiary/aromatic N) is 3. The summed E-state index contributed by atoms with van der Waals surface area (Å²) in [7, 11) is 1.67. The van der Waals surface area contributed by atoms with E-state index < -0.39 is 0 Å². The summed E-state index contributed by atoms with van der Waals surface area (Å²) in [5.74, 6) is 1.81. The van der Waals surface area contributed by atoms with Gasteiger partial charge in [0.05, 0.1) is 7.11 Å². The summed E-state index contributed by atoms with van der Waals surface area (Å²) in [6.07, 6.45) is 3.26. The number of aromatic nitrogens is 3. The third-order valence-corrected chi connectivity index (χ3v) is 4.97. The van der Waals surface area contributed by atoms with Gasteiger partial charge >= 0.3 is 5.82 Å². The highest BCUT2D eigenvalue weighted by Gasteiger charge is 2.43. The molecule has 2 heterocycles. The molecular weight excluding hydrogens is 302 g/mol. The van der Waals surface area contributed by atoms with Crippen LogP contribution in [0.2, 0.25) is 0 Å². The second-order valence-electron chi connectivity index (χ2n) is 6.28. The molecule has 1 aliphatic carbocycles. The number of fused-ring (bicyclic) bond motifs is 5. The smallest absolute Gasteiger partial charge is 0.304 e. The zero-order valence-electron chi connectivity index (χ0n) is 13.4. The Kier molecular flexibility index (Phi) is 2.97. The highest BCUT2D eigenvalue weighted by molar-refractivity contribution is 5.37. The maximum absolute atomic E-state index is 6.08. The third-order valence-electron chi connectivity index (χ3n) is 4.97. The summed E-state index contributed by atoms with van der Waals surface area (Å²) < 4.78 is 15.5. The van der Waals surface area contributed by atoms with Gasteiger partial charge in [0.25, 0.3) is 0 Å². The summed E-state index contributed by atoms with van der Waals surface area (Å²) in [5.41, 5.74) is 3.74. The molecule has 3 aromatic rings. The summed E-state index contributed by atoms with van der Waals surface area (Å²) in [5, 5.41) is 4.72. The van der Waals surface area contributed by atoms with Crippen LogP contribution in [0.5, 0.6) is 5.75 Å². The number of hydrogen-bond donors (Lipinski definition) is 0. The topological polar surface area (TPSA) is 40.2 Å². The van der Waals surface area contributed by atoms with Gasteiger partial charge in [-0.2, -0.15) is 0 Å². The lowest BCUT2D eigenvalue weighted by molar-refractivity contribution is -0.739. The van der Waals surface area contributed by atoms with Crippen LogP contribution in [0.1, 0.15) is 23.0 Å². The molecule has 5 nitrogen and oxygen atoms in total. The molecule has 120 valence electrons. The predicted octanol–water partition coefficient (Wildman–Crippen LogP) is 2.21. The molecule has 24 heavy (non-hydrogen) atoms. The van der Waals surface area contributed by atoms with Crippen molar-refractivity contribution in [3.8, 4) is 11.4 Å².